The van der Waals surface area contributed by atoms with Crippen molar-refractivity contribution < 1.29 is 9.94 Å². The highest BCUT2D eigenvalue weighted by Gasteiger charge is 2.10. The van der Waals surface area contributed by atoms with Crippen LogP contribution < -0.4 is 10.5 Å². The molecule has 0 saturated carbocycles. The lowest BCUT2D eigenvalue weighted by Crippen LogP contribution is -2.14. The number of benzene rings is 2. The maximum absolute atomic E-state index is 8.81. The molecule has 4 nitrogen and oxygen atoms in total. The predicted molar refractivity (Wildman–Crippen MR) is 80.0 cm³/mol. The molecule has 0 amide bonds. The third-order valence-corrected chi connectivity index (χ3v) is 3.27. The topological polar surface area (TPSA) is 67.8 Å². The highest BCUT2D eigenvalue weighted by molar-refractivity contribution is 6.31. The third-order valence-electron chi connectivity index (χ3n) is 3.03. The predicted octanol–water partition coefficient (Wildman–Crippen LogP) is 3.84. The van der Waals surface area contributed by atoms with Crippen LogP contribution in [-0.4, -0.2) is 11.0 Å². The molecule has 0 atom stereocenters. The van der Waals surface area contributed by atoms with Crippen LogP contribution in [0, 0.1) is 13.8 Å². The van der Waals surface area contributed by atoms with Gasteiger partial charge >= 0.3 is 0 Å². The van der Waals surface area contributed by atoms with E-state index in [-0.39, 0.29) is 5.84 Å². The van der Waals surface area contributed by atoms with Gasteiger partial charge in [-0.3, -0.25) is 0 Å². The minimum absolute atomic E-state index is 0.0497. The summed E-state index contributed by atoms with van der Waals surface area (Å²) in [4.78, 5) is 0. The number of hydrogen-bond donors (Lipinski definition) is 2. The summed E-state index contributed by atoms with van der Waals surface area (Å²) in [6, 6.07) is 10.7. The summed E-state index contributed by atoms with van der Waals surface area (Å²) in [6.45, 7) is 4.04. The van der Waals surface area contributed by atoms with E-state index in [0.717, 1.165) is 5.56 Å². The third kappa shape index (κ3) is 3.03. The number of amidine groups is 1. The minimum atomic E-state index is -0.0497. The molecule has 2 aromatic rings. The van der Waals surface area contributed by atoms with Gasteiger partial charge in [0.15, 0.2) is 5.84 Å². The number of ether oxygens (including phenoxy) is 1. The first-order valence-electron chi connectivity index (χ1n) is 6.04. The molecule has 0 heterocycles. The Morgan fingerprint density at radius 2 is 1.90 bits per heavy atom. The fraction of sp³-hybridized carbons (Fsp3) is 0.133. The Bertz CT molecular complexity index is 669. The maximum atomic E-state index is 8.81. The number of halogens is 1. The molecule has 0 unspecified atom stereocenters. The van der Waals surface area contributed by atoms with Crippen molar-refractivity contribution in [3.63, 3.8) is 0 Å². The van der Waals surface area contributed by atoms with Crippen LogP contribution in [0.3, 0.4) is 0 Å². The molecule has 0 bridgehead atoms. The molecule has 0 aliphatic carbocycles. The summed E-state index contributed by atoms with van der Waals surface area (Å²) in [5.41, 5.74) is 8.39. The zero-order valence-corrected chi connectivity index (χ0v) is 12.0. The van der Waals surface area contributed by atoms with Crippen LogP contribution in [0.25, 0.3) is 0 Å². The second-order valence-electron chi connectivity index (χ2n) is 4.47. The fourth-order valence-electron chi connectivity index (χ4n) is 1.75. The molecule has 2 rings (SSSR count). The van der Waals surface area contributed by atoms with Crippen molar-refractivity contribution in [3.8, 4) is 11.5 Å². The Morgan fingerprint density at radius 3 is 2.55 bits per heavy atom. The van der Waals surface area contributed by atoms with Crippen LogP contribution in [0.2, 0.25) is 5.02 Å². The lowest BCUT2D eigenvalue weighted by molar-refractivity contribution is 0.318. The summed E-state index contributed by atoms with van der Waals surface area (Å²) >= 11 is 5.92. The van der Waals surface area contributed by atoms with Gasteiger partial charge in [0, 0.05) is 5.02 Å². The van der Waals surface area contributed by atoms with Crippen LogP contribution in [0.1, 0.15) is 16.7 Å². The van der Waals surface area contributed by atoms with Crippen LogP contribution in [-0.2, 0) is 0 Å². The first kappa shape index (κ1) is 14.2. The average molecular weight is 291 g/mol. The average Bonchev–Trinajstić information content (AvgIpc) is 2.44. The highest BCUT2D eigenvalue weighted by Crippen LogP contribution is 2.28. The Morgan fingerprint density at radius 1 is 1.15 bits per heavy atom. The molecule has 0 aromatic heterocycles. The van der Waals surface area contributed by atoms with Gasteiger partial charge in [-0.2, -0.15) is 0 Å². The number of hydrogen-bond acceptors (Lipinski definition) is 3. The molecule has 0 spiro atoms. The van der Waals surface area contributed by atoms with Crippen molar-refractivity contribution in [2.45, 2.75) is 13.8 Å². The number of nitrogens with zero attached hydrogens (tertiary/aromatic N) is 1. The van der Waals surface area contributed by atoms with Gasteiger partial charge < -0.3 is 15.7 Å². The standard InChI is InChI=1S/C15H15ClN2O2/c1-9-3-5-12(7-10(9)2)20-14-6-4-11(16)8-13(14)15(17)18-19/h3-8,19H,1-2H3,(H2,17,18). The van der Waals surface area contributed by atoms with Gasteiger partial charge in [0.2, 0.25) is 0 Å². The lowest BCUT2D eigenvalue weighted by Gasteiger charge is -2.12. The van der Waals surface area contributed by atoms with Crippen LogP contribution in [0.5, 0.6) is 11.5 Å². The van der Waals surface area contributed by atoms with Crippen LogP contribution in [0.15, 0.2) is 41.6 Å². The van der Waals surface area contributed by atoms with Crippen molar-refractivity contribution in [1.82, 2.24) is 0 Å². The van der Waals surface area contributed by atoms with Gasteiger partial charge in [-0.05, 0) is 55.3 Å². The van der Waals surface area contributed by atoms with E-state index in [2.05, 4.69) is 5.16 Å². The summed E-state index contributed by atoms with van der Waals surface area (Å²) in [7, 11) is 0. The molecular formula is C15H15ClN2O2. The summed E-state index contributed by atoms with van der Waals surface area (Å²) in [5, 5.41) is 12.3. The first-order valence-corrected chi connectivity index (χ1v) is 6.41. The van der Waals surface area contributed by atoms with E-state index in [4.69, 9.17) is 27.3 Å². The second kappa shape index (κ2) is 5.84. The summed E-state index contributed by atoms with van der Waals surface area (Å²) < 4.78 is 5.79. The smallest absolute Gasteiger partial charge is 0.173 e. The van der Waals surface area contributed by atoms with Gasteiger partial charge in [0.25, 0.3) is 0 Å². The number of oxime groups is 1. The Hall–Kier alpha value is -2.20. The lowest BCUT2D eigenvalue weighted by atomic mass is 10.1. The van der Waals surface area contributed by atoms with Crippen molar-refractivity contribution in [1.29, 1.82) is 0 Å². The van der Waals surface area contributed by atoms with E-state index < -0.39 is 0 Å². The minimum Gasteiger partial charge on any atom is -0.457 e. The number of aryl methyl sites for hydroxylation is 2. The van der Waals surface area contributed by atoms with Gasteiger partial charge in [0.05, 0.1) is 5.56 Å². The highest BCUT2D eigenvalue weighted by atomic mass is 35.5. The maximum Gasteiger partial charge on any atom is 0.173 e. The largest absolute Gasteiger partial charge is 0.457 e. The van der Waals surface area contributed by atoms with Crippen LogP contribution in [0.4, 0.5) is 0 Å². The van der Waals surface area contributed by atoms with Gasteiger partial charge in [0.1, 0.15) is 11.5 Å². The van der Waals surface area contributed by atoms with E-state index >= 15 is 0 Å². The Kier molecular flexibility index (Phi) is 4.15. The van der Waals surface area contributed by atoms with Gasteiger partial charge in [-0.1, -0.05) is 22.8 Å². The van der Waals surface area contributed by atoms with E-state index in [9.17, 15) is 0 Å². The molecule has 20 heavy (non-hydrogen) atoms. The molecule has 5 heteroatoms. The zero-order valence-electron chi connectivity index (χ0n) is 11.2. The quantitative estimate of drug-likeness (QED) is 0.390. The fourth-order valence-corrected chi connectivity index (χ4v) is 1.92. The number of nitrogens with two attached hydrogens (primary N) is 1. The molecule has 0 aliphatic heterocycles. The van der Waals surface area contributed by atoms with Crippen LogP contribution >= 0.6 is 11.6 Å². The second-order valence-corrected chi connectivity index (χ2v) is 4.91. The molecule has 104 valence electrons. The molecule has 0 fully saturated rings. The van der Waals surface area contributed by atoms with E-state index in [0.29, 0.717) is 22.1 Å². The molecule has 0 saturated heterocycles. The first-order chi connectivity index (χ1) is 9.51. The molecule has 2 aromatic carbocycles. The van der Waals surface area contributed by atoms with E-state index in [1.165, 1.54) is 5.56 Å². The summed E-state index contributed by atoms with van der Waals surface area (Å²) in [5.74, 6) is 1.11. The molecule has 3 N–H and O–H groups in total. The van der Waals surface area contributed by atoms with E-state index in [1.54, 1.807) is 18.2 Å². The van der Waals surface area contributed by atoms with Crippen molar-refractivity contribution in [2.24, 2.45) is 10.9 Å². The number of rotatable bonds is 3. The Balaban J connectivity index is 2.40. The zero-order chi connectivity index (χ0) is 14.7. The van der Waals surface area contributed by atoms with Gasteiger partial charge in [-0.15, -0.1) is 0 Å². The molecular weight excluding hydrogens is 276 g/mol. The van der Waals surface area contributed by atoms with Crippen molar-refractivity contribution in [2.75, 3.05) is 0 Å². The normalized spacial score (nSPS) is 11.4. The van der Waals surface area contributed by atoms with Gasteiger partial charge in [-0.25, -0.2) is 0 Å². The molecule has 0 radical (unpaired) electrons. The van der Waals surface area contributed by atoms with E-state index in [1.807, 2.05) is 32.0 Å². The van der Waals surface area contributed by atoms with Crippen molar-refractivity contribution >= 4 is 17.4 Å². The Labute approximate surface area is 122 Å². The summed E-state index contributed by atoms with van der Waals surface area (Å²) in [6.07, 6.45) is 0. The van der Waals surface area contributed by atoms with Crippen molar-refractivity contribution in [3.05, 3.63) is 58.1 Å². The molecule has 0 aliphatic rings. The monoisotopic (exact) mass is 290 g/mol. The SMILES string of the molecule is Cc1ccc(Oc2ccc(Cl)cc2C(N)=NO)cc1C.